The normalized spacial score (nSPS) is 14.4. The van der Waals surface area contributed by atoms with Crippen LogP contribution in [0.15, 0.2) is 29.6 Å². The predicted molar refractivity (Wildman–Crippen MR) is 73.4 cm³/mol. The van der Waals surface area contributed by atoms with Gasteiger partial charge in [0, 0.05) is 11.1 Å². The van der Waals surface area contributed by atoms with E-state index in [1.54, 1.807) is 11.3 Å². The molecule has 0 amide bonds. The van der Waals surface area contributed by atoms with Crippen molar-refractivity contribution in [2.24, 2.45) is 0 Å². The number of rotatable bonds is 4. The number of nitrogens with one attached hydrogen (secondary N) is 1. The van der Waals surface area contributed by atoms with Crippen molar-refractivity contribution in [3.63, 3.8) is 0 Å². The summed E-state index contributed by atoms with van der Waals surface area (Å²) in [4.78, 5) is 4.55. The van der Waals surface area contributed by atoms with E-state index in [2.05, 4.69) is 22.6 Å². The van der Waals surface area contributed by atoms with Gasteiger partial charge >= 0.3 is 0 Å². The number of likely N-dealkylation sites (N-methyl/N-ethyl adjacent to an activating group) is 1. The van der Waals surface area contributed by atoms with E-state index in [1.165, 1.54) is 12.1 Å². The van der Waals surface area contributed by atoms with E-state index >= 15 is 0 Å². The van der Waals surface area contributed by atoms with Crippen molar-refractivity contribution in [2.45, 2.75) is 25.8 Å². The van der Waals surface area contributed by atoms with Gasteiger partial charge in [0.05, 0.1) is 5.54 Å². The number of aryl methyl sites for hydroxylation is 1. The van der Waals surface area contributed by atoms with Gasteiger partial charge in [0.15, 0.2) is 0 Å². The maximum absolute atomic E-state index is 12.9. The summed E-state index contributed by atoms with van der Waals surface area (Å²) in [5, 5.41) is 6.44. The quantitative estimate of drug-likeness (QED) is 0.916. The molecule has 1 heterocycles. The van der Waals surface area contributed by atoms with E-state index in [-0.39, 0.29) is 11.4 Å². The molecule has 0 saturated carbocycles. The Morgan fingerprint density at radius 1 is 1.33 bits per heavy atom. The second-order valence-corrected chi connectivity index (χ2v) is 5.54. The van der Waals surface area contributed by atoms with Gasteiger partial charge < -0.3 is 5.32 Å². The zero-order chi connectivity index (χ0) is 13.2. The van der Waals surface area contributed by atoms with E-state index in [9.17, 15) is 4.39 Å². The van der Waals surface area contributed by atoms with Gasteiger partial charge in [-0.15, -0.1) is 11.3 Å². The average Bonchev–Trinajstić information content (AvgIpc) is 2.79. The molecule has 2 nitrogen and oxygen atoms in total. The molecule has 96 valence electrons. The van der Waals surface area contributed by atoms with Gasteiger partial charge in [-0.05, 0) is 45.0 Å². The van der Waals surface area contributed by atoms with Crippen LogP contribution in [0.2, 0.25) is 0 Å². The SMILES string of the molecule is CNC(C)(Cc1ccc(F)cc1)c1nc(C)cs1. The highest BCUT2D eigenvalue weighted by Gasteiger charge is 2.28. The van der Waals surface area contributed by atoms with Crippen molar-refractivity contribution in [1.82, 2.24) is 10.3 Å². The summed E-state index contributed by atoms with van der Waals surface area (Å²) in [6, 6.07) is 6.65. The maximum Gasteiger partial charge on any atom is 0.123 e. The number of nitrogens with zero attached hydrogens (tertiary/aromatic N) is 1. The number of thiazole rings is 1. The van der Waals surface area contributed by atoms with E-state index in [1.807, 2.05) is 26.1 Å². The van der Waals surface area contributed by atoms with Crippen LogP contribution in [0.25, 0.3) is 0 Å². The first-order valence-corrected chi connectivity index (χ1v) is 6.77. The van der Waals surface area contributed by atoms with Crippen LogP contribution in [-0.2, 0) is 12.0 Å². The van der Waals surface area contributed by atoms with Crippen LogP contribution in [0.5, 0.6) is 0 Å². The summed E-state index contributed by atoms with van der Waals surface area (Å²) >= 11 is 1.66. The fourth-order valence-corrected chi connectivity index (χ4v) is 2.85. The molecule has 2 aromatic rings. The number of hydrogen-bond donors (Lipinski definition) is 1. The van der Waals surface area contributed by atoms with Gasteiger partial charge in [-0.25, -0.2) is 9.37 Å². The standard InChI is InChI=1S/C14H17FN2S/c1-10-9-18-13(17-10)14(2,16-3)8-11-4-6-12(15)7-5-11/h4-7,9,16H,8H2,1-3H3. The van der Waals surface area contributed by atoms with Crippen LogP contribution in [0.1, 0.15) is 23.2 Å². The van der Waals surface area contributed by atoms with E-state index < -0.39 is 0 Å². The topological polar surface area (TPSA) is 24.9 Å². The molecule has 1 unspecified atom stereocenters. The van der Waals surface area contributed by atoms with Crippen LogP contribution in [0, 0.1) is 12.7 Å². The van der Waals surface area contributed by atoms with Gasteiger partial charge in [0.25, 0.3) is 0 Å². The lowest BCUT2D eigenvalue weighted by Gasteiger charge is -2.27. The highest BCUT2D eigenvalue weighted by Crippen LogP contribution is 2.27. The highest BCUT2D eigenvalue weighted by molar-refractivity contribution is 7.09. The minimum Gasteiger partial charge on any atom is -0.308 e. The molecule has 0 aliphatic heterocycles. The van der Waals surface area contributed by atoms with Crippen molar-refractivity contribution in [3.8, 4) is 0 Å². The molecular formula is C14H17FN2S. The Hall–Kier alpha value is -1.26. The Morgan fingerprint density at radius 3 is 2.50 bits per heavy atom. The first-order chi connectivity index (χ1) is 8.53. The van der Waals surface area contributed by atoms with Crippen LogP contribution in [0.4, 0.5) is 4.39 Å². The molecule has 1 aromatic heterocycles. The number of aromatic nitrogens is 1. The summed E-state index contributed by atoms with van der Waals surface area (Å²) in [6.45, 7) is 4.11. The van der Waals surface area contributed by atoms with Crippen LogP contribution in [0.3, 0.4) is 0 Å². The van der Waals surface area contributed by atoms with Crippen molar-refractivity contribution < 1.29 is 4.39 Å². The third kappa shape index (κ3) is 2.76. The smallest absolute Gasteiger partial charge is 0.123 e. The predicted octanol–water partition coefficient (Wildman–Crippen LogP) is 3.27. The van der Waals surface area contributed by atoms with Crippen LogP contribution in [-0.4, -0.2) is 12.0 Å². The maximum atomic E-state index is 12.9. The van der Waals surface area contributed by atoms with Gasteiger partial charge in [0.2, 0.25) is 0 Å². The number of hydrogen-bond acceptors (Lipinski definition) is 3. The minimum absolute atomic E-state index is 0.199. The molecule has 0 bridgehead atoms. The Balaban J connectivity index is 2.25. The fourth-order valence-electron chi connectivity index (χ4n) is 1.89. The fraction of sp³-hybridized carbons (Fsp3) is 0.357. The van der Waals surface area contributed by atoms with Gasteiger partial charge in [0.1, 0.15) is 10.8 Å². The Morgan fingerprint density at radius 2 is 2.00 bits per heavy atom. The molecule has 0 fully saturated rings. The third-order valence-electron chi connectivity index (χ3n) is 3.11. The largest absolute Gasteiger partial charge is 0.308 e. The first-order valence-electron chi connectivity index (χ1n) is 5.89. The molecule has 1 N–H and O–H groups in total. The Bertz CT molecular complexity index is 521. The van der Waals surface area contributed by atoms with Gasteiger partial charge in [-0.3, -0.25) is 0 Å². The van der Waals surface area contributed by atoms with E-state index in [0.29, 0.717) is 0 Å². The van der Waals surface area contributed by atoms with Crippen LogP contribution < -0.4 is 5.32 Å². The molecule has 2 rings (SSSR count). The number of benzene rings is 1. The molecule has 4 heteroatoms. The van der Waals surface area contributed by atoms with Crippen LogP contribution >= 0.6 is 11.3 Å². The van der Waals surface area contributed by atoms with Gasteiger partial charge in [-0.2, -0.15) is 0 Å². The minimum atomic E-state index is -0.212. The molecule has 1 atom stereocenters. The molecule has 0 saturated heterocycles. The lowest BCUT2D eigenvalue weighted by atomic mass is 9.93. The lowest BCUT2D eigenvalue weighted by Crippen LogP contribution is -2.38. The molecule has 1 aromatic carbocycles. The number of halogens is 1. The average molecular weight is 264 g/mol. The summed E-state index contributed by atoms with van der Waals surface area (Å²) < 4.78 is 12.9. The van der Waals surface area contributed by atoms with Gasteiger partial charge in [-0.1, -0.05) is 12.1 Å². The second-order valence-electron chi connectivity index (χ2n) is 4.68. The monoisotopic (exact) mass is 264 g/mol. The highest BCUT2D eigenvalue weighted by atomic mass is 32.1. The van der Waals surface area contributed by atoms with Crippen molar-refractivity contribution in [3.05, 3.63) is 51.7 Å². The molecule has 0 radical (unpaired) electrons. The molecular weight excluding hydrogens is 247 g/mol. The van der Waals surface area contributed by atoms with E-state index in [4.69, 9.17) is 0 Å². The summed E-state index contributed by atoms with van der Waals surface area (Å²) in [5.41, 5.74) is 1.92. The Labute approximate surface area is 111 Å². The zero-order valence-electron chi connectivity index (χ0n) is 10.8. The Kier molecular flexibility index (Phi) is 3.78. The summed E-state index contributed by atoms with van der Waals surface area (Å²) in [7, 11) is 1.93. The first kappa shape index (κ1) is 13.2. The summed E-state index contributed by atoms with van der Waals surface area (Å²) in [5.74, 6) is -0.199. The second kappa shape index (κ2) is 5.16. The third-order valence-corrected chi connectivity index (χ3v) is 4.34. The molecule has 0 aliphatic carbocycles. The van der Waals surface area contributed by atoms with Crippen molar-refractivity contribution in [2.75, 3.05) is 7.05 Å². The molecule has 18 heavy (non-hydrogen) atoms. The lowest BCUT2D eigenvalue weighted by molar-refractivity contribution is 0.394. The van der Waals surface area contributed by atoms with Crippen molar-refractivity contribution in [1.29, 1.82) is 0 Å². The zero-order valence-corrected chi connectivity index (χ0v) is 11.6. The van der Waals surface area contributed by atoms with Crippen molar-refractivity contribution >= 4 is 11.3 Å². The summed E-state index contributed by atoms with van der Waals surface area (Å²) in [6.07, 6.45) is 0.788. The molecule has 0 spiro atoms. The molecule has 0 aliphatic rings. The van der Waals surface area contributed by atoms with E-state index in [0.717, 1.165) is 22.7 Å².